The van der Waals surface area contributed by atoms with Crippen molar-refractivity contribution in [2.75, 3.05) is 26.0 Å². The first-order valence-electron chi connectivity index (χ1n) is 10.5. The van der Waals surface area contributed by atoms with E-state index in [1.165, 1.54) is 0 Å². The Morgan fingerprint density at radius 3 is 2.23 bits per heavy atom. The molecule has 162 valence electrons. The maximum Gasteiger partial charge on any atom is 0.255 e. The van der Waals surface area contributed by atoms with Gasteiger partial charge in [-0.15, -0.1) is 0 Å². The van der Waals surface area contributed by atoms with E-state index in [0.29, 0.717) is 5.56 Å². The van der Waals surface area contributed by atoms with Crippen LogP contribution in [0.15, 0.2) is 66.7 Å². The van der Waals surface area contributed by atoms with Crippen molar-refractivity contribution >= 4 is 11.6 Å². The van der Waals surface area contributed by atoms with Gasteiger partial charge in [0.15, 0.2) is 0 Å². The minimum atomic E-state index is -0.478. The number of aliphatic hydroxyl groups is 1. The van der Waals surface area contributed by atoms with Crippen LogP contribution < -0.4 is 15.4 Å². The second-order valence-electron chi connectivity index (χ2n) is 7.56. The van der Waals surface area contributed by atoms with Crippen molar-refractivity contribution in [2.45, 2.75) is 25.9 Å². The predicted octanol–water partition coefficient (Wildman–Crippen LogP) is 4.82. The van der Waals surface area contributed by atoms with Crippen LogP contribution >= 0.6 is 0 Å². The standard InChI is InChI=1S/C26H30N2O3/c1-18(29)19-6-8-20(9-7-19)21-10-13-24(14-11-21)28-26(30)23-12-15-25(31-3)22(17-23)5-4-16-27-2/h6-15,17-18,27,29H,4-5,16H2,1-3H3,(H,28,30). The van der Waals surface area contributed by atoms with Gasteiger partial charge in [-0.3, -0.25) is 4.79 Å². The summed E-state index contributed by atoms with van der Waals surface area (Å²) in [5.74, 6) is 0.658. The molecular weight excluding hydrogens is 388 g/mol. The van der Waals surface area contributed by atoms with Gasteiger partial charge < -0.3 is 20.5 Å². The molecule has 0 aliphatic rings. The van der Waals surface area contributed by atoms with Crippen molar-refractivity contribution in [2.24, 2.45) is 0 Å². The van der Waals surface area contributed by atoms with E-state index in [1.54, 1.807) is 20.1 Å². The Morgan fingerprint density at radius 1 is 1.00 bits per heavy atom. The molecule has 1 atom stereocenters. The Kier molecular flexibility index (Phi) is 7.82. The Bertz CT molecular complexity index is 996. The fourth-order valence-corrected chi connectivity index (χ4v) is 3.47. The van der Waals surface area contributed by atoms with Crippen molar-refractivity contribution in [3.63, 3.8) is 0 Å². The third kappa shape index (κ3) is 5.94. The van der Waals surface area contributed by atoms with E-state index in [4.69, 9.17) is 4.74 Å². The number of nitrogens with one attached hydrogen (secondary N) is 2. The Hall–Kier alpha value is -3.15. The lowest BCUT2D eigenvalue weighted by Crippen LogP contribution is -2.13. The zero-order chi connectivity index (χ0) is 22.2. The van der Waals surface area contributed by atoms with Gasteiger partial charge in [0.1, 0.15) is 5.75 Å². The molecule has 5 nitrogen and oxygen atoms in total. The maximum atomic E-state index is 12.8. The lowest BCUT2D eigenvalue weighted by Gasteiger charge is -2.12. The van der Waals surface area contributed by atoms with Crippen LogP contribution in [0.1, 0.15) is 40.9 Å². The fraction of sp³-hybridized carbons (Fsp3) is 0.269. The zero-order valence-corrected chi connectivity index (χ0v) is 18.3. The summed E-state index contributed by atoms with van der Waals surface area (Å²) in [6, 6.07) is 21.1. The second kappa shape index (κ2) is 10.8. The monoisotopic (exact) mass is 418 g/mol. The highest BCUT2D eigenvalue weighted by Gasteiger charge is 2.11. The number of hydrogen-bond acceptors (Lipinski definition) is 4. The van der Waals surface area contributed by atoms with Gasteiger partial charge in [0.2, 0.25) is 0 Å². The van der Waals surface area contributed by atoms with Crippen LogP contribution in [0, 0.1) is 0 Å². The molecule has 0 bridgehead atoms. The first kappa shape index (κ1) is 22.5. The molecule has 0 aliphatic heterocycles. The van der Waals surface area contributed by atoms with Crippen LogP contribution in [-0.4, -0.2) is 31.7 Å². The smallest absolute Gasteiger partial charge is 0.255 e. The van der Waals surface area contributed by atoms with Gasteiger partial charge >= 0.3 is 0 Å². The molecule has 1 unspecified atom stereocenters. The highest BCUT2D eigenvalue weighted by Crippen LogP contribution is 2.25. The van der Waals surface area contributed by atoms with Gasteiger partial charge in [0.05, 0.1) is 13.2 Å². The van der Waals surface area contributed by atoms with Crippen LogP contribution in [0.25, 0.3) is 11.1 Å². The van der Waals surface area contributed by atoms with Crippen LogP contribution in [0.5, 0.6) is 5.75 Å². The number of ether oxygens (including phenoxy) is 1. The summed E-state index contributed by atoms with van der Waals surface area (Å²) in [4.78, 5) is 12.8. The number of carbonyl (C=O) groups excluding carboxylic acids is 1. The molecule has 3 aromatic rings. The minimum absolute atomic E-state index is 0.147. The predicted molar refractivity (Wildman–Crippen MR) is 126 cm³/mol. The van der Waals surface area contributed by atoms with E-state index >= 15 is 0 Å². The third-order valence-electron chi connectivity index (χ3n) is 5.28. The maximum absolute atomic E-state index is 12.8. The topological polar surface area (TPSA) is 70.6 Å². The molecule has 5 heteroatoms. The minimum Gasteiger partial charge on any atom is -0.496 e. The highest BCUT2D eigenvalue weighted by atomic mass is 16.5. The van der Waals surface area contributed by atoms with Crippen LogP contribution in [0.2, 0.25) is 0 Å². The number of aliphatic hydroxyl groups excluding tert-OH is 1. The summed E-state index contributed by atoms with van der Waals surface area (Å²) in [6.07, 6.45) is 1.33. The first-order valence-corrected chi connectivity index (χ1v) is 10.5. The third-order valence-corrected chi connectivity index (χ3v) is 5.28. The quantitative estimate of drug-likeness (QED) is 0.436. The summed E-state index contributed by atoms with van der Waals surface area (Å²) in [5, 5.41) is 15.8. The number of rotatable bonds is 9. The van der Waals surface area contributed by atoms with Crippen molar-refractivity contribution in [3.8, 4) is 16.9 Å². The van der Waals surface area contributed by atoms with Gasteiger partial charge in [-0.05, 0) is 85.9 Å². The van der Waals surface area contributed by atoms with Gasteiger partial charge in [0, 0.05) is 11.3 Å². The lowest BCUT2D eigenvalue weighted by molar-refractivity contribution is 0.102. The van der Waals surface area contributed by atoms with E-state index in [9.17, 15) is 9.90 Å². The lowest BCUT2D eigenvalue weighted by atomic mass is 10.0. The van der Waals surface area contributed by atoms with E-state index in [2.05, 4.69) is 10.6 Å². The summed E-state index contributed by atoms with van der Waals surface area (Å²) >= 11 is 0. The number of anilines is 1. The number of methoxy groups -OCH3 is 1. The van der Waals surface area contributed by atoms with E-state index in [1.807, 2.05) is 67.7 Å². The second-order valence-corrected chi connectivity index (χ2v) is 7.56. The average Bonchev–Trinajstić information content (AvgIpc) is 2.79. The average molecular weight is 419 g/mol. The van der Waals surface area contributed by atoms with Crippen LogP contribution in [-0.2, 0) is 6.42 Å². The molecule has 3 rings (SSSR count). The van der Waals surface area contributed by atoms with Crippen molar-refractivity contribution in [1.29, 1.82) is 0 Å². The molecule has 3 N–H and O–H groups in total. The van der Waals surface area contributed by atoms with Crippen molar-refractivity contribution in [3.05, 3.63) is 83.4 Å². The molecule has 0 heterocycles. The summed E-state index contributed by atoms with van der Waals surface area (Å²) in [6.45, 7) is 2.66. The SMILES string of the molecule is CNCCCc1cc(C(=O)Nc2ccc(-c3ccc(C(C)O)cc3)cc2)ccc1OC. The Morgan fingerprint density at radius 2 is 1.65 bits per heavy atom. The first-order chi connectivity index (χ1) is 15.0. The molecule has 1 amide bonds. The molecule has 3 aromatic carbocycles. The molecule has 0 saturated heterocycles. The largest absolute Gasteiger partial charge is 0.496 e. The highest BCUT2D eigenvalue weighted by molar-refractivity contribution is 6.04. The molecule has 0 saturated carbocycles. The molecule has 0 aromatic heterocycles. The molecule has 31 heavy (non-hydrogen) atoms. The van der Waals surface area contributed by atoms with Gasteiger partial charge in [-0.2, -0.15) is 0 Å². The fourth-order valence-electron chi connectivity index (χ4n) is 3.47. The van der Waals surface area contributed by atoms with E-state index in [-0.39, 0.29) is 5.91 Å². The summed E-state index contributed by atoms with van der Waals surface area (Å²) < 4.78 is 5.44. The van der Waals surface area contributed by atoms with Gasteiger partial charge in [0.25, 0.3) is 5.91 Å². The van der Waals surface area contributed by atoms with Crippen LogP contribution in [0.3, 0.4) is 0 Å². The zero-order valence-electron chi connectivity index (χ0n) is 18.3. The van der Waals surface area contributed by atoms with Crippen LogP contribution in [0.4, 0.5) is 5.69 Å². The molecule has 0 aliphatic carbocycles. The molecule has 0 radical (unpaired) electrons. The van der Waals surface area contributed by atoms with Gasteiger partial charge in [-0.1, -0.05) is 36.4 Å². The number of benzene rings is 3. The number of aryl methyl sites for hydroxylation is 1. The van der Waals surface area contributed by atoms with Crippen molar-refractivity contribution in [1.82, 2.24) is 5.32 Å². The summed E-state index contributed by atoms with van der Waals surface area (Å²) in [5.41, 5.74) is 5.37. The number of amides is 1. The number of carbonyl (C=O) groups is 1. The Balaban J connectivity index is 1.69. The molecule has 0 fully saturated rings. The number of hydrogen-bond donors (Lipinski definition) is 3. The normalized spacial score (nSPS) is 11.7. The molecule has 0 spiro atoms. The van der Waals surface area contributed by atoms with Gasteiger partial charge in [-0.25, -0.2) is 0 Å². The van der Waals surface area contributed by atoms with E-state index in [0.717, 1.165) is 53.1 Å². The Labute approximate surface area is 184 Å². The van der Waals surface area contributed by atoms with E-state index < -0.39 is 6.10 Å². The van der Waals surface area contributed by atoms with Crippen molar-refractivity contribution < 1.29 is 14.6 Å². The summed E-state index contributed by atoms with van der Waals surface area (Å²) in [7, 11) is 3.58. The molecular formula is C26H30N2O3.